The first-order valence-electron chi connectivity index (χ1n) is 9.38. The Morgan fingerprint density at radius 3 is 2.43 bits per heavy atom. The molecule has 1 fully saturated rings. The highest BCUT2D eigenvalue weighted by Gasteiger charge is 2.27. The van der Waals surface area contributed by atoms with E-state index in [4.69, 9.17) is 16.3 Å². The molecule has 1 aliphatic heterocycles. The van der Waals surface area contributed by atoms with Crippen LogP contribution in [0.4, 0.5) is 10.5 Å². The highest BCUT2D eigenvalue weighted by Crippen LogP contribution is 2.24. The molecular weight excluding hydrogens is 382 g/mol. The van der Waals surface area contributed by atoms with Gasteiger partial charge in [0, 0.05) is 32.2 Å². The molecule has 0 bridgehead atoms. The average molecular weight is 410 g/mol. The Morgan fingerprint density at radius 2 is 1.86 bits per heavy atom. The second-order valence-corrected chi connectivity index (χ2v) is 8.34. The largest absolute Gasteiger partial charge is 0.444 e. The lowest BCUT2D eigenvalue weighted by molar-refractivity contribution is -0.117. The molecule has 0 atom stereocenters. The maximum atomic E-state index is 12.4. The fourth-order valence-corrected chi connectivity index (χ4v) is 3.24. The monoisotopic (exact) mass is 409 g/mol. The molecule has 8 heteroatoms. The Morgan fingerprint density at radius 1 is 1.21 bits per heavy atom. The molecule has 28 heavy (non-hydrogen) atoms. The number of likely N-dealkylation sites (tertiary alicyclic amines) is 1. The summed E-state index contributed by atoms with van der Waals surface area (Å²) >= 11 is 6.03. The van der Waals surface area contributed by atoms with Crippen molar-refractivity contribution < 1.29 is 19.1 Å². The van der Waals surface area contributed by atoms with Gasteiger partial charge in [-0.15, -0.1) is 0 Å². The first-order valence-corrected chi connectivity index (χ1v) is 9.76. The van der Waals surface area contributed by atoms with Crippen LogP contribution in [0.2, 0.25) is 5.02 Å². The number of carbonyl (C=O) groups excluding carboxylic acids is 3. The number of piperidine rings is 1. The number of benzene rings is 1. The van der Waals surface area contributed by atoms with E-state index in [9.17, 15) is 14.4 Å². The molecule has 0 aromatic heterocycles. The third-order valence-electron chi connectivity index (χ3n) is 4.46. The zero-order valence-electron chi connectivity index (χ0n) is 16.8. The van der Waals surface area contributed by atoms with Crippen molar-refractivity contribution in [3.63, 3.8) is 0 Å². The Balaban J connectivity index is 1.85. The fraction of sp³-hybridized carbons (Fsp3) is 0.550. The van der Waals surface area contributed by atoms with Crippen LogP contribution in [0.3, 0.4) is 0 Å². The number of nitrogens with zero attached hydrogens (tertiary/aromatic N) is 1. The van der Waals surface area contributed by atoms with E-state index in [0.717, 1.165) is 12.8 Å². The van der Waals surface area contributed by atoms with E-state index in [0.29, 0.717) is 35.8 Å². The number of hydrogen-bond donors (Lipinski definition) is 2. The molecule has 1 heterocycles. The number of amides is 3. The molecule has 2 rings (SSSR count). The van der Waals surface area contributed by atoms with Gasteiger partial charge in [0.1, 0.15) is 5.60 Å². The summed E-state index contributed by atoms with van der Waals surface area (Å²) in [6.07, 6.45) is 1.55. The Labute approximate surface area is 170 Å². The topological polar surface area (TPSA) is 87.7 Å². The first kappa shape index (κ1) is 22.0. The van der Waals surface area contributed by atoms with Crippen LogP contribution in [0.5, 0.6) is 0 Å². The van der Waals surface area contributed by atoms with Crippen LogP contribution >= 0.6 is 11.6 Å². The van der Waals surface area contributed by atoms with E-state index >= 15 is 0 Å². The first-order chi connectivity index (χ1) is 13.1. The minimum absolute atomic E-state index is 0.124. The van der Waals surface area contributed by atoms with Crippen molar-refractivity contribution in [3.8, 4) is 0 Å². The van der Waals surface area contributed by atoms with Crippen molar-refractivity contribution in [1.29, 1.82) is 0 Å². The Hall–Kier alpha value is -2.28. The molecular formula is C20H28ClN3O4. The molecule has 1 saturated heterocycles. The van der Waals surface area contributed by atoms with Crippen LogP contribution in [-0.4, -0.2) is 48.5 Å². The molecule has 1 aromatic rings. The summed E-state index contributed by atoms with van der Waals surface area (Å²) in [5.41, 5.74) is 0.326. The Bertz CT molecular complexity index is 737. The van der Waals surface area contributed by atoms with Gasteiger partial charge in [0.25, 0.3) is 5.91 Å². The van der Waals surface area contributed by atoms with Gasteiger partial charge in [0.15, 0.2) is 0 Å². The number of hydrogen-bond acceptors (Lipinski definition) is 4. The van der Waals surface area contributed by atoms with E-state index < -0.39 is 5.60 Å². The number of halogens is 1. The van der Waals surface area contributed by atoms with Crippen LogP contribution in [0.25, 0.3) is 0 Å². The summed E-state index contributed by atoms with van der Waals surface area (Å²) in [6.45, 7) is 6.68. The van der Waals surface area contributed by atoms with Gasteiger partial charge in [-0.3, -0.25) is 9.59 Å². The summed E-state index contributed by atoms with van der Waals surface area (Å²) in [6, 6.07) is 4.81. The van der Waals surface area contributed by atoms with Gasteiger partial charge < -0.3 is 20.3 Å². The van der Waals surface area contributed by atoms with Crippen molar-refractivity contribution in [2.45, 2.75) is 45.6 Å². The summed E-state index contributed by atoms with van der Waals surface area (Å²) in [5.74, 6) is -0.235. The molecule has 1 aromatic carbocycles. The van der Waals surface area contributed by atoms with Gasteiger partial charge in [-0.1, -0.05) is 11.6 Å². The molecule has 0 unspecified atom stereocenters. The highest BCUT2D eigenvalue weighted by atomic mass is 35.5. The molecule has 2 N–H and O–H groups in total. The van der Waals surface area contributed by atoms with Gasteiger partial charge in [0.05, 0.1) is 10.6 Å². The molecule has 1 aliphatic rings. The van der Waals surface area contributed by atoms with E-state index in [-0.39, 0.29) is 23.8 Å². The SMILES string of the molecule is CNC(=O)c1cc(NC(=O)CC2CCN(C(=O)OC(C)(C)C)CC2)ccc1Cl. The second kappa shape index (κ2) is 9.28. The second-order valence-electron chi connectivity index (χ2n) is 7.94. The van der Waals surface area contributed by atoms with Crippen LogP contribution in [0, 0.1) is 5.92 Å². The smallest absolute Gasteiger partial charge is 0.410 e. The van der Waals surface area contributed by atoms with Crippen LogP contribution in [-0.2, 0) is 9.53 Å². The molecule has 0 spiro atoms. The maximum Gasteiger partial charge on any atom is 0.410 e. The van der Waals surface area contributed by atoms with Crippen LogP contribution in [0.1, 0.15) is 50.4 Å². The fourth-order valence-electron chi connectivity index (χ4n) is 3.03. The number of anilines is 1. The van der Waals surface area contributed by atoms with Crippen LogP contribution in [0.15, 0.2) is 18.2 Å². The van der Waals surface area contributed by atoms with Gasteiger partial charge in [-0.2, -0.15) is 0 Å². The highest BCUT2D eigenvalue weighted by molar-refractivity contribution is 6.34. The molecule has 0 saturated carbocycles. The quantitative estimate of drug-likeness (QED) is 0.794. The van der Waals surface area contributed by atoms with Gasteiger partial charge in [0.2, 0.25) is 5.91 Å². The molecule has 0 radical (unpaired) electrons. The summed E-state index contributed by atoms with van der Waals surface area (Å²) < 4.78 is 5.39. The van der Waals surface area contributed by atoms with E-state index in [1.54, 1.807) is 23.1 Å². The van der Waals surface area contributed by atoms with E-state index in [1.165, 1.54) is 7.05 Å². The number of ether oxygens (including phenoxy) is 1. The number of carbonyl (C=O) groups is 3. The summed E-state index contributed by atoms with van der Waals surface area (Å²) in [4.78, 5) is 38.0. The molecule has 3 amide bonds. The zero-order chi connectivity index (χ0) is 20.9. The number of nitrogens with one attached hydrogen (secondary N) is 2. The third-order valence-corrected chi connectivity index (χ3v) is 4.79. The van der Waals surface area contributed by atoms with Gasteiger partial charge in [-0.05, 0) is 57.7 Å². The van der Waals surface area contributed by atoms with Crippen molar-refractivity contribution in [1.82, 2.24) is 10.2 Å². The van der Waals surface area contributed by atoms with Crippen molar-refractivity contribution in [3.05, 3.63) is 28.8 Å². The third kappa shape index (κ3) is 6.41. The maximum absolute atomic E-state index is 12.4. The Kier molecular flexibility index (Phi) is 7.29. The van der Waals surface area contributed by atoms with Crippen molar-refractivity contribution in [2.24, 2.45) is 5.92 Å². The van der Waals surface area contributed by atoms with Crippen LogP contribution < -0.4 is 10.6 Å². The predicted molar refractivity (Wildman–Crippen MR) is 109 cm³/mol. The minimum Gasteiger partial charge on any atom is -0.444 e. The lowest BCUT2D eigenvalue weighted by Crippen LogP contribution is -2.42. The molecule has 7 nitrogen and oxygen atoms in total. The summed E-state index contributed by atoms with van der Waals surface area (Å²) in [7, 11) is 1.52. The van der Waals surface area contributed by atoms with Crippen molar-refractivity contribution >= 4 is 35.2 Å². The van der Waals surface area contributed by atoms with E-state index in [2.05, 4.69) is 10.6 Å². The lowest BCUT2D eigenvalue weighted by Gasteiger charge is -2.33. The standard InChI is InChI=1S/C20H28ClN3O4/c1-20(2,3)28-19(27)24-9-7-13(8-10-24)11-17(25)23-14-5-6-16(21)15(12-14)18(26)22-4/h5-6,12-13H,7-11H2,1-4H3,(H,22,26)(H,23,25). The van der Waals surface area contributed by atoms with Crippen molar-refractivity contribution in [2.75, 3.05) is 25.5 Å². The molecule has 154 valence electrons. The van der Waals surface area contributed by atoms with E-state index in [1.807, 2.05) is 20.8 Å². The zero-order valence-corrected chi connectivity index (χ0v) is 17.6. The summed E-state index contributed by atoms with van der Waals surface area (Å²) in [5, 5.41) is 5.66. The normalized spacial score (nSPS) is 15.1. The average Bonchev–Trinajstić information content (AvgIpc) is 2.61. The van der Waals surface area contributed by atoms with Gasteiger partial charge in [-0.25, -0.2) is 4.79 Å². The predicted octanol–water partition coefficient (Wildman–Crippen LogP) is 3.68. The van der Waals surface area contributed by atoms with Gasteiger partial charge >= 0.3 is 6.09 Å². The lowest BCUT2D eigenvalue weighted by atomic mass is 9.93. The number of rotatable bonds is 4. The minimum atomic E-state index is -0.514. The molecule has 0 aliphatic carbocycles.